The summed E-state index contributed by atoms with van der Waals surface area (Å²) in [6, 6.07) is 20.2. The number of benzene rings is 2. The van der Waals surface area contributed by atoms with Gasteiger partial charge in [0.1, 0.15) is 0 Å². The van der Waals surface area contributed by atoms with Crippen molar-refractivity contribution in [3.8, 4) is 5.69 Å². The highest BCUT2D eigenvalue weighted by atomic mass is 35.5. The van der Waals surface area contributed by atoms with E-state index in [0.717, 1.165) is 46.6 Å². The molecule has 2 aromatic carbocycles. The molecule has 8 heteroatoms. The summed E-state index contributed by atoms with van der Waals surface area (Å²) < 4.78 is 2.29. The van der Waals surface area contributed by atoms with Crippen LogP contribution in [0.25, 0.3) is 5.69 Å². The fraction of sp³-hybridized carbons (Fsp3) is 0.353. The summed E-state index contributed by atoms with van der Waals surface area (Å²) in [5, 5.41) is 5.74. The Morgan fingerprint density at radius 1 is 0.881 bits per heavy atom. The van der Waals surface area contributed by atoms with Crippen LogP contribution in [0.2, 0.25) is 10.0 Å². The minimum atomic E-state index is -0.145. The molecule has 0 spiro atoms. The Bertz CT molecular complexity index is 1620. The summed E-state index contributed by atoms with van der Waals surface area (Å²) in [4.78, 5) is 9.42. The molecule has 2 aliphatic heterocycles. The lowest BCUT2D eigenvalue weighted by Gasteiger charge is -2.37. The Balaban J connectivity index is 1.47. The summed E-state index contributed by atoms with van der Waals surface area (Å²) in [5.74, 6) is 1.28. The average Bonchev–Trinajstić information content (AvgIpc) is 3.40. The van der Waals surface area contributed by atoms with Gasteiger partial charge in [-0.15, -0.1) is 0 Å². The Kier molecular flexibility index (Phi) is 7.99. The number of hydrogen-bond donors (Lipinski definition) is 1. The van der Waals surface area contributed by atoms with Crippen molar-refractivity contribution in [2.24, 2.45) is 11.8 Å². The number of nitrogens with one attached hydrogen (secondary N) is 1. The van der Waals surface area contributed by atoms with Gasteiger partial charge in [-0.25, -0.2) is 0 Å². The van der Waals surface area contributed by atoms with Gasteiger partial charge in [0.05, 0.1) is 28.5 Å². The topological polar surface area (TPSA) is 36.3 Å². The number of thiocarbonyl (C=S) groups is 1. The number of rotatable bonds is 5. The van der Waals surface area contributed by atoms with E-state index in [1.807, 2.05) is 36.5 Å². The van der Waals surface area contributed by atoms with Gasteiger partial charge < -0.3 is 19.7 Å². The molecule has 2 aliphatic rings. The molecule has 5 nitrogen and oxygen atoms in total. The second-order valence-corrected chi connectivity index (χ2v) is 13.2. The first-order chi connectivity index (χ1) is 20.1. The van der Waals surface area contributed by atoms with E-state index in [2.05, 4.69) is 84.6 Å². The minimum absolute atomic E-state index is 0.136. The standard InChI is InChI=1S/C34H37Cl2N5S/c1-20-15-21(2)19-39(18-20)30-13-12-27(17-28(30)36)41-33(32(38-34(41)42)29-11-6-7-14-37-29)31-22(3)23(4)40(24(31)5)26-10-8-9-25(35)16-26/h6-14,16-17,20-21,32-33H,15,18-19H2,1-5H3,(H,38,42)/t20-,21+,32-,33-/m0/s1. The summed E-state index contributed by atoms with van der Waals surface area (Å²) >= 11 is 19.5. The lowest BCUT2D eigenvalue weighted by molar-refractivity contribution is 0.357. The van der Waals surface area contributed by atoms with Gasteiger partial charge in [-0.2, -0.15) is 0 Å². The number of hydrogen-bond acceptors (Lipinski definition) is 3. The third-order valence-corrected chi connectivity index (χ3v) is 9.74. The zero-order valence-electron chi connectivity index (χ0n) is 24.7. The van der Waals surface area contributed by atoms with Crippen molar-refractivity contribution in [2.45, 2.75) is 53.1 Å². The zero-order valence-corrected chi connectivity index (χ0v) is 27.1. The van der Waals surface area contributed by atoms with E-state index >= 15 is 0 Å². The van der Waals surface area contributed by atoms with Crippen LogP contribution in [0, 0.1) is 32.6 Å². The van der Waals surface area contributed by atoms with E-state index in [4.69, 9.17) is 40.4 Å². The molecule has 0 radical (unpaired) electrons. The fourth-order valence-electron chi connectivity index (χ4n) is 7.13. The van der Waals surface area contributed by atoms with Crippen LogP contribution in [0.4, 0.5) is 11.4 Å². The smallest absolute Gasteiger partial charge is 0.174 e. The minimum Gasteiger partial charge on any atom is -0.370 e. The van der Waals surface area contributed by atoms with Crippen molar-refractivity contribution in [3.63, 3.8) is 0 Å². The Hall–Kier alpha value is -3.06. The van der Waals surface area contributed by atoms with Crippen molar-refractivity contribution < 1.29 is 0 Å². The summed E-state index contributed by atoms with van der Waals surface area (Å²) in [6.07, 6.45) is 3.09. The highest BCUT2D eigenvalue weighted by Crippen LogP contribution is 2.46. The number of nitrogens with zero attached hydrogens (tertiary/aromatic N) is 4. The normalized spacial score (nSPS) is 22.5. The van der Waals surface area contributed by atoms with Crippen LogP contribution < -0.4 is 15.1 Å². The number of pyridine rings is 1. The highest BCUT2D eigenvalue weighted by Gasteiger charge is 2.43. The third kappa shape index (κ3) is 5.18. The third-order valence-electron chi connectivity index (χ3n) is 8.89. The molecule has 42 heavy (non-hydrogen) atoms. The molecule has 1 N–H and O–H groups in total. The van der Waals surface area contributed by atoms with Crippen molar-refractivity contribution >= 4 is 51.9 Å². The SMILES string of the molecule is Cc1c([C@H]2[C@H](c3ccccn3)NC(=S)N2c2ccc(N3C[C@H](C)C[C@H](C)C3)c(Cl)c2)c(C)n(-c2cccc(Cl)c2)c1C. The molecule has 0 aliphatic carbocycles. The molecule has 218 valence electrons. The van der Waals surface area contributed by atoms with E-state index in [-0.39, 0.29) is 12.1 Å². The van der Waals surface area contributed by atoms with Gasteiger partial charge in [0, 0.05) is 52.6 Å². The van der Waals surface area contributed by atoms with Gasteiger partial charge in [0.2, 0.25) is 0 Å². The van der Waals surface area contributed by atoms with Gasteiger partial charge >= 0.3 is 0 Å². The molecular weight excluding hydrogens is 581 g/mol. The van der Waals surface area contributed by atoms with E-state index in [9.17, 15) is 0 Å². The largest absolute Gasteiger partial charge is 0.370 e. The maximum atomic E-state index is 7.06. The first-order valence-electron chi connectivity index (χ1n) is 14.6. The van der Waals surface area contributed by atoms with Gasteiger partial charge in [0.25, 0.3) is 0 Å². The predicted molar refractivity (Wildman–Crippen MR) is 180 cm³/mol. The van der Waals surface area contributed by atoms with Crippen LogP contribution in [0.5, 0.6) is 0 Å². The van der Waals surface area contributed by atoms with Crippen molar-refractivity contribution in [2.75, 3.05) is 22.9 Å². The zero-order chi connectivity index (χ0) is 29.7. The number of anilines is 2. The second-order valence-electron chi connectivity index (χ2n) is 12.0. The van der Waals surface area contributed by atoms with E-state index < -0.39 is 0 Å². The maximum absolute atomic E-state index is 7.06. The lowest BCUT2D eigenvalue weighted by atomic mass is 9.91. The Labute approximate surface area is 264 Å². The van der Waals surface area contributed by atoms with Crippen molar-refractivity contribution in [3.05, 3.63) is 105 Å². The van der Waals surface area contributed by atoms with Crippen molar-refractivity contribution in [1.29, 1.82) is 0 Å². The fourth-order valence-corrected chi connectivity index (χ4v) is 7.96. The summed E-state index contributed by atoms with van der Waals surface area (Å²) in [6.45, 7) is 13.2. The van der Waals surface area contributed by atoms with E-state index in [0.29, 0.717) is 22.0 Å². The van der Waals surface area contributed by atoms with E-state index in [1.165, 1.54) is 23.2 Å². The molecule has 4 aromatic rings. The van der Waals surface area contributed by atoms with E-state index in [1.54, 1.807) is 0 Å². The number of aromatic nitrogens is 2. The summed E-state index contributed by atoms with van der Waals surface area (Å²) in [5.41, 5.74) is 8.79. The predicted octanol–water partition coefficient (Wildman–Crippen LogP) is 8.76. The van der Waals surface area contributed by atoms with Crippen LogP contribution in [0.1, 0.15) is 60.6 Å². The second kappa shape index (κ2) is 11.6. The molecule has 0 unspecified atom stereocenters. The number of halogens is 2. The molecule has 2 fully saturated rings. The van der Waals surface area contributed by atoms with Gasteiger partial charge in [0.15, 0.2) is 5.11 Å². The molecular formula is C34H37Cl2N5S. The molecule has 0 amide bonds. The molecule has 4 atom stereocenters. The molecule has 4 heterocycles. The number of piperidine rings is 1. The molecule has 2 saturated heterocycles. The van der Waals surface area contributed by atoms with Crippen LogP contribution >= 0.6 is 35.4 Å². The van der Waals surface area contributed by atoms with Crippen LogP contribution in [0.15, 0.2) is 66.9 Å². The molecule has 0 bridgehead atoms. The van der Waals surface area contributed by atoms with Gasteiger partial charge in [-0.05, 0) is 105 Å². The molecule has 0 saturated carbocycles. The molecule has 2 aromatic heterocycles. The highest BCUT2D eigenvalue weighted by molar-refractivity contribution is 7.80. The monoisotopic (exact) mass is 617 g/mol. The van der Waals surface area contributed by atoms with Crippen LogP contribution in [0.3, 0.4) is 0 Å². The quantitative estimate of drug-likeness (QED) is 0.226. The van der Waals surface area contributed by atoms with Crippen LogP contribution in [-0.2, 0) is 0 Å². The maximum Gasteiger partial charge on any atom is 0.174 e. The van der Waals surface area contributed by atoms with Crippen LogP contribution in [-0.4, -0.2) is 27.8 Å². The van der Waals surface area contributed by atoms with Gasteiger partial charge in [-0.1, -0.05) is 49.2 Å². The average molecular weight is 619 g/mol. The van der Waals surface area contributed by atoms with Crippen molar-refractivity contribution in [1.82, 2.24) is 14.9 Å². The Morgan fingerprint density at radius 3 is 2.31 bits per heavy atom. The lowest BCUT2D eigenvalue weighted by Crippen LogP contribution is -2.38. The Morgan fingerprint density at radius 2 is 1.64 bits per heavy atom. The van der Waals surface area contributed by atoms with Gasteiger partial charge in [-0.3, -0.25) is 4.98 Å². The first kappa shape index (κ1) is 29.0. The first-order valence-corrected chi connectivity index (χ1v) is 15.8. The molecule has 6 rings (SSSR count). The summed E-state index contributed by atoms with van der Waals surface area (Å²) in [7, 11) is 0.